The minimum Gasteiger partial charge on any atom is -0.378 e. The van der Waals surface area contributed by atoms with Crippen molar-refractivity contribution in [3.05, 3.63) is 5.92 Å². The molecule has 0 aromatic heterocycles. The van der Waals surface area contributed by atoms with Gasteiger partial charge in [-0.1, -0.05) is 13.8 Å². The lowest BCUT2D eigenvalue weighted by atomic mass is 10.2. The van der Waals surface area contributed by atoms with Crippen molar-refractivity contribution in [2.75, 3.05) is 13.1 Å². The Bertz CT molecular complexity index is 97.4. The Labute approximate surface area is 62.8 Å². The fourth-order valence-electron chi connectivity index (χ4n) is 1.35. The molecule has 1 heterocycles. The Hall–Kier alpha value is -0.0800. The molecule has 0 bridgehead atoms. The molecule has 1 saturated heterocycles. The van der Waals surface area contributed by atoms with Crippen molar-refractivity contribution in [1.82, 2.24) is 4.90 Å². The van der Waals surface area contributed by atoms with Gasteiger partial charge in [-0.2, -0.15) is 0 Å². The molecule has 1 N–H and O–H groups in total. The average molecular weight is 142 g/mol. The highest BCUT2D eigenvalue weighted by atomic mass is 16.3. The molecular weight excluding hydrogens is 126 g/mol. The zero-order valence-electron chi connectivity index (χ0n) is 6.80. The molecule has 1 fully saturated rings. The highest BCUT2D eigenvalue weighted by Crippen LogP contribution is 2.15. The van der Waals surface area contributed by atoms with E-state index in [4.69, 9.17) is 0 Å². The van der Waals surface area contributed by atoms with E-state index < -0.39 is 0 Å². The van der Waals surface area contributed by atoms with Crippen molar-refractivity contribution in [3.8, 4) is 0 Å². The zero-order valence-corrected chi connectivity index (χ0v) is 6.80. The van der Waals surface area contributed by atoms with Gasteiger partial charge in [-0.3, -0.25) is 4.90 Å². The Morgan fingerprint density at radius 1 is 1.30 bits per heavy atom. The summed E-state index contributed by atoms with van der Waals surface area (Å²) in [4.78, 5) is 2.12. The summed E-state index contributed by atoms with van der Waals surface area (Å²) >= 11 is 0. The van der Waals surface area contributed by atoms with E-state index in [-0.39, 0.29) is 6.23 Å². The summed E-state index contributed by atoms with van der Waals surface area (Å²) in [6.07, 6.45) is 2.19. The maximum absolute atomic E-state index is 9.52. The van der Waals surface area contributed by atoms with Crippen LogP contribution in [0.1, 0.15) is 26.7 Å². The standard InChI is InChI=1S/C8H16NO/c1-7(2)8(10)9-5-3-4-6-9/h8,10H,3-6H2,1-2H3. The number of likely N-dealkylation sites (tertiary alicyclic amines) is 1. The number of hydrogen-bond acceptors (Lipinski definition) is 2. The molecule has 2 heteroatoms. The Morgan fingerprint density at radius 3 is 2.20 bits per heavy atom. The number of rotatable bonds is 2. The van der Waals surface area contributed by atoms with Gasteiger partial charge in [-0.25, -0.2) is 0 Å². The minimum absolute atomic E-state index is 0.289. The van der Waals surface area contributed by atoms with Crippen LogP contribution >= 0.6 is 0 Å². The van der Waals surface area contributed by atoms with Gasteiger partial charge in [0.25, 0.3) is 0 Å². The van der Waals surface area contributed by atoms with Gasteiger partial charge in [-0.15, -0.1) is 0 Å². The number of hydrogen-bond donors (Lipinski definition) is 1. The molecule has 1 aliphatic rings. The SMILES string of the molecule is C[C](C)C(O)N1CCCC1. The van der Waals surface area contributed by atoms with Gasteiger partial charge in [0.05, 0.1) is 0 Å². The summed E-state index contributed by atoms with van der Waals surface area (Å²) in [5, 5.41) is 9.52. The first-order valence-electron chi connectivity index (χ1n) is 3.94. The molecule has 2 nitrogen and oxygen atoms in total. The third-order valence-corrected chi connectivity index (χ3v) is 2.00. The number of aliphatic hydroxyl groups excluding tert-OH is 1. The maximum Gasteiger partial charge on any atom is 0.113 e. The second kappa shape index (κ2) is 3.35. The quantitative estimate of drug-likeness (QED) is 0.622. The Balaban J connectivity index is 2.32. The summed E-state index contributed by atoms with van der Waals surface area (Å²) < 4.78 is 0. The molecular formula is C8H16NO. The molecule has 0 aromatic carbocycles. The molecule has 1 radical (unpaired) electrons. The molecule has 1 rings (SSSR count). The molecule has 0 amide bonds. The van der Waals surface area contributed by atoms with Crippen LogP contribution in [0.15, 0.2) is 0 Å². The number of aliphatic hydroxyl groups is 1. The van der Waals surface area contributed by atoms with Crippen LogP contribution < -0.4 is 0 Å². The number of nitrogens with zero attached hydrogens (tertiary/aromatic N) is 1. The third-order valence-electron chi connectivity index (χ3n) is 2.00. The van der Waals surface area contributed by atoms with Crippen molar-refractivity contribution in [3.63, 3.8) is 0 Å². The van der Waals surface area contributed by atoms with Gasteiger partial charge in [0, 0.05) is 19.0 Å². The van der Waals surface area contributed by atoms with Gasteiger partial charge in [0.2, 0.25) is 0 Å². The predicted octanol–water partition coefficient (Wildman–Crippen LogP) is 1.01. The lowest BCUT2D eigenvalue weighted by Gasteiger charge is -2.24. The van der Waals surface area contributed by atoms with E-state index in [0.717, 1.165) is 19.0 Å². The van der Waals surface area contributed by atoms with Crippen LogP contribution in [0.25, 0.3) is 0 Å². The van der Waals surface area contributed by atoms with Gasteiger partial charge in [0.1, 0.15) is 6.23 Å². The fourth-order valence-corrected chi connectivity index (χ4v) is 1.35. The molecule has 1 unspecified atom stereocenters. The van der Waals surface area contributed by atoms with Gasteiger partial charge < -0.3 is 5.11 Å². The van der Waals surface area contributed by atoms with Crippen molar-refractivity contribution in [1.29, 1.82) is 0 Å². The summed E-state index contributed by atoms with van der Waals surface area (Å²) in [7, 11) is 0. The summed E-state index contributed by atoms with van der Waals surface area (Å²) in [5.41, 5.74) is 0. The van der Waals surface area contributed by atoms with E-state index in [2.05, 4.69) is 4.90 Å². The van der Waals surface area contributed by atoms with E-state index in [0.29, 0.717) is 0 Å². The predicted molar refractivity (Wildman–Crippen MR) is 41.4 cm³/mol. The molecule has 0 aliphatic carbocycles. The van der Waals surface area contributed by atoms with E-state index in [9.17, 15) is 5.11 Å². The van der Waals surface area contributed by atoms with Crippen LogP contribution in [0, 0.1) is 5.92 Å². The second-order valence-electron chi connectivity index (χ2n) is 3.19. The largest absolute Gasteiger partial charge is 0.378 e. The lowest BCUT2D eigenvalue weighted by molar-refractivity contribution is 0.0339. The molecule has 59 valence electrons. The van der Waals surface area contributed by atoms with Gasteiger partial charge >= 0.3 is 0 Å². The van der Waals surface area contributed by atoms with Crippen LogP contribution in [-0.4, -0.2) is 29.3 Å². The Kier molecular flexibility index (Phi) is 2.69. The highest BCUT2D eigenvalue weighted by Gasteiger charge is 2.21. The summed E-state index contributed by atoms with van der Waals surface area (Å²) in [5.74, 6) is 1.10. The normalized spacial score (nSPS) is 24.0. The van der Waals surface area contributed by atoms with Gasteiger partial charge in [0.15, 0.2) is 0 Å². The maximum atomic E-state index is 9.52. The van der Waals surface area contributed by atoms with Gasteiger partial charge in [-0.05, 0) is 12.8 Å². The molecule has 0 spiro atoms. The third kappa shape index (κ3) is 1.70. The van der Waals surface area contributed by atoms with Crippen molar-refractivity contribution >= 4 is 0 Å². The van der Waals surface area contributed by atoms with Crippen LogP contribution in [0.5, 0.6) is 0 Å². The van der Waals surface area contributed by atoms with E-state index in [1.165, 1.54) is 12.8 Å². The van der Waals surface area contributed by atoms with Crippen LogP contribution in [-0.2, 0) is 0 Å². The van der Waals surface area contributed by atoms with Crippen molar-refractivity contribution in [2.24, 2.45) is 0 Å². The molecule has 0 saturated carbocycles. The monoisotopic (exact) mass is 142 g/mol. The van der Waals surface area contributed by atoms with Crippen molar-refractivity contribution < 1.29 is 5.11 Å². The van der Waals surface area contributed by atoms with Crippen LogP contribution in [0.2, 0.25) is 0 Å². The van der Waals surface area contributed by atoms with E-state index in [1.807, 2.05) is 13.8 Å². The van der Waals surface area contributed by atoms with E-state index >= 15 is 0 Å². The smallest absolute Gasteiger partial charge is 0.113 e. The summed E-state index contributed by atoms with van der Waals surface area (Å²) in [6.45, 7) is 6.07. The second-order valence-corrected chi connectivity index (χ2v) is 3.19. The van der Waals surface area contributed by atoms with Crippen molar-refractivity contribution in [2.45, 2.75) is 32.9 Å². The molecule has 1 aliphatic heterocycles. The molecule has 0 aromatic rings. The lowest BCUT2D eigenvalue weighted by Crippen LogP contribution is -2.35. The molecule has 10 heavy (non-hydrogen) atoms. The topological polar surface area (TPSA) is 23.5 Å². The Morgan fingerprint density at radius 2 is 1.80 bits per heavy atom. The first kappa shape index (κ1) is 8.02. The van der Waals surface area contributed by atoms with E-state index in [1.54, 1.807) is 0 Å². The van der Waals surface area contributed by atoms with Crippen LogP contribution in [0.4, 0.5) is 0 Å². The minimum atomic E-state index is -0.289. The first-order valence-corrected chi connectivity index (χ1v) is 3.94. The zero-order chi connectivity index (χ0) is 7.56. The highest BCUT2D eigenvalue weighted by molar-refractivity contribution is 4.88. The first-order chi connectivity index (χ1) is 4.72. The summed E-state index contributed by atoms with van der Waals surface area (Å²) in [6, 6.07) is 0. The fraction of sp³-hybridized carbons (Fsp3) is 0.875. The molecule has 1 atom stereocenters. The van der Waals surface area contributed by atoms with Crippen LogP contribution in [0.3, 0.4) is 0 Å². The average Bonchev–Trinajstić information content (AvgIpc) is 2.36.